The molecule has 0 aromatic heterocycles. The van der Waals surface area contributed by atoms with Crippen LogP contribution in [0.5, 0.6) is 5.75 Å². The van der Waals surface area contributed by atoms with Gasteiger partial charge >= 0.3 is 6.09 Å². The van der Waals surface area contributed by atoms with Crippen LogP contribution in [0.1, 0.15) is 33.3 Å². The van der Waals surface area contributed by atoms with Crippen molar-refractivity contribution in [1.29, 1.82) is 0 Å². The van der Waals surface area contributed by atoms with Gasteiger partial charge in [0.2, 0.25) is 0 Å². The molecule has 2 N–H and O–H groups in total. The maximum absolute atomic E-state index is 11.6. The zero-order valence-corrected chi connectivity index (χ0v) is 14.3. The number of terminal acetylenes is 1. The molecule has 0 spiro atoms. The van der Waals surface area contributed by atoms with Crippen molar-refractivity contribution in [2.75, 3.05) is 13.2 Å². The minimum atomic E-state index is -0.492. The van der Waals surface area contributed by atoms with Crippen LogP contribution in [0.3, 0.4) is 0 Å². The van der Waals surface area contributed by atoms with Gasteiger partial charge in [0.1, 0.15) is 18.0 Å². The minimum Gasteiger partial charge on any atom is -0.481 e. The summed E-state index contributed by atoms with van der Waals surface area (Å²) in [5, 5.41) is 6.07. The van der Waals surface area contributed by atoms with Gasteiger partial charge in [0.25, 0.3) is 0 Å². The number of ether oxygens (including phenoxy) is 2. The molecule has 5 nitrogen and oxygen atoms in total. The second kappa shape index (κ2) is 9.06. The van der Waals surface area contributed by atoms with Crippen molar-refractivity contribution >= 4 is 6.09 Å². The van der Waals surface area contributed by atoms with Crippen molar-refractivity contribution in [1.82, 2.24) is 10.6 Å². The standard InChI is InChI=1S/C18H26N2O3/c1-6-11-22-16-10-8-7-9-15(16)13-19-14(2)12-20-17(21)23-18(3,4)5/h1,7-10,14,19H,11-13H2,2-5H3,(H,20,21). The molecule has 1 unspecified atom stereocenters. The Hall–Kier alpha value is -2.19. The number of amides is 1. The molecule has 0 fully saturated rings. The molecular weight excluding hydrogens is 292 g/mol. The van der Waals surface area contributed by atoms with Crippen LogP contribution in [0, 0.1) is 12.3 Å². The van der Waals surface area contributed by atoms with Gasteiger partial charge in [-0.05, 0) is 33.8 Å². The summed E-state index contributed by atoms with van der Waals surface area (Å²) in [6.45, 7) is 8.83. The fourth-order valence-corrected chi connectivity index (χ4v) is 1.82. The summed E-state index contributed by atoms with van der Waals surface area (Å²) in [6, 6.07) is 7.81. The molecule has 23 heavy (non-hydrogen) atoms. The van der Waals surface area contributed by atoms with E-state index in [-0.39, 0.29) is 12.6 Å². The van der Waals surface area contributed by atoms with E-state index in [9.17, 15) is 4.79 Å². The molecule has 126 valence electrons. The molecule has 1 aromatic rings. The highest BCUT2D eigenvalue weighted by molar-refractivity contribution is 5.67. The first-order valence-electron chi connectivity index (χ1n) is 7.66. The van der Waals surface area contributed by atoms with Gasteiger partial charge < -0.3 is 20.1 Å². The predicted molar refractivity (Wildman–Crippen MR) is 91.3 cm³/mol. The third kappa shape index (κ3) is 8.12. The van der Waals surface area contributed by atoms with Crippen molar-refractivity contribution in [3.63, 3.8) is 0 Å². The number of hydrogen-bond acceptors (Lipinski definition) is 4. The lowest BCUT2D eigenvalue weighted by molar-refractivity contribution is 0.0523. The molecule has 0 radical (unpaired) electrons. The quantitative estimate of drug-likeness (QED) is 0.759. The van der Waals surface area contributed by atoms with Gasteiger partial charge in [0.05, 0.1) is 0 Å². The summed E-state index contributed by atoms with van der Waals surface area (Å²) in [7, 11) is 0. The molecule has 0 aliphatic heterocycles. The Labute approximate surface area is 138 Å². The molecule has 0 saturated carbocycles. The normalized spacial score (nSPS) is 12.1. The van der Waals surface area contributed by atoms with Crippen LogP contribution < -0.4 is 15.4 Å². The maximum atomic E-state index is 11.6. The first-order chi connectivity index (χ1) is 10.8. The monoisotopic (exact) mass is 318 g/mol. The van der Waals surface area contributed by atoms with Gasteiger partial charge in [0.15, 0.2) is 0 Å². The van der Waals surface area contributed by atoms with Crippen LogP contribution in [0.4, 0.5) is 4.79 Å². The van der Waals surface area contributed by atoms with Gasteiger partial charge in [-0.15, -0.1) is 6.42 Å². The zero-order chi connectivity index (χ0) is 17.3. The second-order valence-corrected chi connectivity index (χ2v) is 6.27. The van der Waals surface area contributed by atoms with E-state index in [0.717, 1.165) is 11.3 Å². The van der Waals surface area contributed by atoms with E-state index >= 15 is 0 Å². The smallest absolute Gasteiger partial charge is 0.407 e. The molecule has 0 heterocycles. The molecule has 1 amide bonds. The average molecular weight is 318 g/mol. The van der Waals surface area contributed by atoms with Crippen molar-refractivity contribution in [2.45, 2.75) is 45.9 Å². The Bertz CT molecular complexity index is 544. The number of carbonyl (C=O) groups excluding carboxylic acids is 1. The largest absolute Gasteiger partial charge is 0.481 e. The number of benzene rings is 1. The van der Waals surface area contributed by atoms with Crippen molar-refractivity contribution in [3.05, 3.63) is 29.8 Å². The Kier molecular flexibility index (Phi) is 7.43. The fourth-order valence-electron chi connectivity index (χ4n) is 1.82. The lowest BCUT2D eigenvalue weighted by Crippen LogP contribution is -2.41. The lowest BCUT2D eigenvalue weighted by Gasteiger charge is -2.21. The Balaban J connectivity index is 2.40. The van der Waals surface area contributed by atoms with E-state index in [1.807, 2.05) is 52.0 Å². The van der Waals surface area contributed by atoms with Gasteiger partial charge in [0, 0.05) is 24.7 Å². The molecule has 5 heteroatoms. The number of alkyl carbamates (subject to hydrolysis) is 1. The van der Waals surface area contributed by atoms with Crippen LogP contribution in [0.15, 0.2) is 24.3 Å². The van der Waals surface area contributed by atoms with Gasteiger partial charge in [-0.1, -0.05) is 24.1 Å². The molecule has 1 rings (SSSR count). The van der Waals surface area contributed by atoms with Crippen molar-refractivity contribution < 1.29 is 14.3 Å². The van der Waals surface area contributed by atoms with Crippen molar-refractivity contribution in [3.8, 4) is 18.1 Å². The Morgan fingerprint density at radius 2 is 2.04 bits per heavy atom. The van der Waals surface area contributed by atoms with Crippen LogP contribution in [-0.4, -0.2) is 30.9 Å². The highest BCUT2D eigenvalue weighted by Crippen LogP contribution is 2.17. The van der Waals surface area contributed by atoms with E-state index in [1.165, 1.54) is 0 Å². The molecule has 0 saturated heterocycles. The molecule has 0 bridgehead atoms. The van der Waals surface area contributed by atoms with E-state index in [1.54, 1.807) is 0 Å². The summed E-state index contributed by atoms with van der Waals surface area (Å²) < 4.78 is 10.7. The minimum absolute atomic E-state index is 0.0863. The highest BCUT2D eigenvalue weighted by Gasteiger charge is 2.16. The van der Waals surface area contributed by atoms with Crippen LogP contribution >= 0.6 is 0 Å². The summed E-state index contributed by atoms with van der Waals surface area (Å²) in [4.78, 5) is 11.6. The van der Waals surface area contributed by atoms with E-state index in [4.69, 9.17) is 15.9 Å². The van der Waals surface area contributed by atoms with E-state index in [0.29, 0.717) is 13.1 Å². The number of hydrogen-bond donors (Lipinski definition) is 2. The summed E-state index contributed by atoms with van der Waals surface area (Å²) >= 11 is 0. The topological polar surface area (TPSA) is 59.6 Å². The van der Waals surface area contributed by atoms with Gasteiger partial charge in [-0.3, -0.25) is 0 Å². The summed E-state index contributed by atoms with van der Waals surface area (Å²) in [5.74, 6) is 3.22. The number of carbonyl (C=O) groups is 1. The Morgan fingerprint density at radius 1 is 1.35 bits per heavy atom. The zero-order valence-electron chi connectivity index (χ0n) is 14.3. The second-order valence-electron chi connectivity index (χ2n) is 6.27. The molecule has 1 aromatic carbocycles. The third-order valence-electron chi connectivity index (χ3n) is 2.88. The lowest BCUT2D eigenvalue weighted by atomic mass is 10.2. The average Bonchev–Trinajstić information content (AvgIpc) is 2.48. The van der Waals surface area contributed by atoms with Crippen molar-refractivity contribution in [2.24, 2.45) is 0 Å². The molecule has 1 atom stereocenters. The van der Waals surface area contributed by atoms with Crippen LogP contribution in [-0.2, 0) is 11.3 Å². The summed E-state index contributed by atoms with van der Waals surface area (Å²) in [5.41, 5.74) is 0.528. The number of rotatable bonds is 7. The fraction of sp³-hybridized carbons (Fsp3) is 0.500. The maximum Gasteiger partial charge on any atom is 0.407 e. The SMILES string of the molecule is C#CCOc1ccccc1CNC(C)CNC(=O)OC(C)(C)C. The van der Waals surface area contributed by atoms with Gasteiger partial charge in [-0.25, -0.2) is 4.79 Å². The predicted octanol–water partition coefficient (Wildman–Crippen LogP) is 2.70. The number of para-hydroxylation sites is 1. The Morgan fingerprint density at radius 3 is 2.70 bits per heavy atom. The number of nitrogens with one attached hydrogen (secondary N) is 2. The molecular formula is C18H26N2O3. The molecule has 0 aliphatic rings. The third-order valence-corrected chi connectivity index (χ3v) is 2.88. The van der Waals surface area contributed by atoms with E-state index < -0.39 is 11.7 Å². The summed E-state index contributed by atoms with van der Waals surface area (Å²) in [6.07, 6.45) is 4.80. The highest BCUT2D eigenvalue weighted by atomic mass is 16.6. The van der Waals surface area contributed by atoms with E-state index in [2.05, 4.69) is 16.6 Å². The van der Waals surface area contributed by atoms with Gasteiger partial charge in [-0.2, -0.15) is 0 Å². The van der Waals surface area contributed by atoms with Crippen LogP contribution in [0.2, 0.25) is 0 Å². The van der Waals surface area contributed by atoms with Crippen LogP contribution in [0.25, 0.3) is 0 Å². The first-order valence-corrected chi connectivity index (χ1v) is 7.66. The first kappa shape index (κ1) is 18.9. The molecule has 0 aliphatic carbocycles.